The molecule has 3 N–H and O–H groups in total. The maximum absolute atomic E-state index is 12.1. The van der Waals surface area contributed by atoms with Crippen molar-refractivity contribution in [1.29, 1.82) is 0 Å². The molecule has 4 atom stereocenters. The Kier molecular flexibility index (Phi) is 6.97. The Morgan fingerprint density at radius 2 is 1.79 bits per heavy atom. The van der Waals surface area contributed by atoms with E-state index in [2.05, 4.69) is 61.0 Å². The molecule has 3 rings (SSSR count). The Labute approximate surface area is 169 Å². The first-order chi connectivity index (χ1) is 13.4. The van der Waals surface area contributed by atoms with Gasteiger partial charge in [0, 0.05) is 12.6 Å². The van der Waals surface area contributed by atoms with Crippen LogP contribution in [0.15, 0.2) is 24.3 Å². The molecule has 1 aromatic carbocycles. The van der Waals surface area contributed by atoms with E-state index in [1.807, 2.05) is 0 Å². The molecule has 4 unspecified atom stereocenters. The van der Waals surface area contributed by atoms with Crippen LogP contribution in [0.5, 0.6) is 0 Å². The number of fused-ring (bicyclic) bond motifs is 2. The molecule has 0 radical (unpaired) electrons. The second-order valence-corrected chi connectivity index (χ2v) is 8.95. The van der Waals surface area contributed by atoms with Gasteiger partial charge in [-0.15, -0.1) is 0 Å². The van der Waals surface area contributed by atoms with Crippen LogP contribution >= 0.6 is 0 Å². The number of nitrogens with one attached hydrogen (secondary N) is 3. The van der Waals surface area contributed by atoms with Gasteiger partial charge in [-0.25, -0.2) is 4.79 Å². The lowest BCUT2D eigenvalue weighted by Gasteiger charge is -2.28. The number of hydrogen-bond acceptors (Lipinski definition) is 2. The molecule has 2 fully saturated rings. The van der Waals surface area contributed by atoms with Gasteiger partial charge in [-0.2, -0.15) is 0 Å². The van der Waals surface area contributed by atoms with Gasteiger partial charge in [0.15, 0.2) is 0 Å². The van der Waals surface area contributed by atoms with E-state index in [-0.39, 0.29) is 24.5 Å². The number of benzene rings is 1. The molecule has 0 heterocycles. The fraction of sp³-hybridized carbons (Fsp3) is 0.652. The lowest BCUT2D eigenvalue weighted by atomic mass is 9.84. The van der Waals surface area contributed by atoms with E-state index in [4.69, 9.17) is 0 Å². The average Bonchev–Trinajstić information content (AvgIpc) is 3.30. The second kappa shape index (κ2) is 9.44. The second-order valence-electron chi connectivity index (χ2n) is 8.95. The highest BCUT2D eigenvalue weighted by atomic mass is 16.2. The van der Waals surface area contributed by atoms with Crippen molar-refractivity contribution < 1.29 is 9.59 Å². The van der Waals surface area contributed by atoms with Crippen LogP contribution in [0.1, 0.15) is 63.5 Å². The molecule has 2 aliphatic carbocycles. The molecule has 0 aliphatic heterocycles. The Balaban J connectivity index is 1.30. The first kappa shape index (κ1) is 20.7. The van der Waals surface area contributed by atoms with Gasteiger partial charge in [0.1, 0.15) is 0 Å². The van der Waals surface area contributed by atoms with Crippen molar-refractivity contribution in [1.82, 2.24) is 16.0 Å². The van der Waals surface area contributed by atoms with Crippen LogP contribution in [0.25, 0.3) is 0 Å². The minimum atomic E-state index is -0.241. The molecule has 0 aromatic heterocycles. The van der Waals surface area contributed by atoms with Crippen molar-refractivity contribution in [3.05, 3.63) is 35.4 Å². The summed E-state index contributed by atoms with van der Waals surface area (Å²) in [6.07, 6.45) is 6.04. The van der Waals surface area contributed by atoms with E-state index >= 15 is 0 Å². The van der Waals surface area contributed by atoms with Gasteiger partial charge < -0.3 is 16.0 Å². The number of urea groups is 1. The van der Waals surface area contributed by atoms with Crippen LogP contribution in [0.4, 0.5) is 4.79 Å². The third kappa shape index (κ3) is 5.49. The fourth-order valence-electron chi connectivity index (χ4n) is 4.91. The molecule has 2 saturated carbocycles. The van der Waals surface area contributed by atoms with Crippen molar-refractivity contribution in [2.45, 2.75) is 64.8 Å². The topological polar surface area (TPSA) is 70.2 Å². The Bertz CT molecular complexity index is 671. The Morgan fingerprint density at radius 1 is 1.04 bits per heavy atom. The summed E-state index contributed by atoms with van der Waals surface area (Å²) < 4.78 is 0. The van der Waals surface area contributed by atoms with E-state index in [0.717, 1.165) is 18.3 Å². The number of hydrogen-bond donors (Lipinski definition) is 3. The summed E-state index contributed by atoms with van der Waals surface area (Å²) in [5, 5.41) is 8.59. The van der Waals surface area contributed by atoms with Crippen LogP contribution in [-0.4, -0.2) is 31.1 Å². The fourth-order valence-corrected chi connectivity index (χ4v) is 4.91. The highest BCUT2D eigenvalue weighted by Gasteiger charge is 2.42. The van der Waals surface area contributed by atoms with E-state index in [9.17, 15) is 9.59 Å². The van der Waals surface area contributed by atoms with Gasteiger partial charge >= 0.3 is 6.03 Å². The summed E-state index contributed by atoms with van der Waals surface area (Å²) in [6, 6.07) is 8.45. The minimum absolute atomic E-state index is 0.0154. The van der Waals surface area contributed by atoms with Crippen LogP contribution in [0, 0.1) is 17.8 Å². The minimum Gasteiger partial charge on any atom is -0.354 e. The van der Waals surface area contributed by atoms with Gasteiger partial charge in [0.05, 0.1) is 6.54 Å². The molecule has 28 heavy (non-hydrogen) atoms. The smallest absolute Gasteiger partial charge is 0.315 e. The van der Waals surface area contributed by atoms with Crippen molar-refractivity contribution in [2.24, 2.45) is 17.8 Å². The normalized spacial score (nSPS) is 24.2. The molecule has 0 saturated heterocycles. The lowest BCUT2D eigenvalue weighted by Crippen LogP contribution is -2.47. The van der Waals surface area contributed by atoms with E-state index < -0.39 is 0 Å². The predicted octanol–water partition coefficient (Wildman–Crippen LogP) is 3.59. The number of rotatable bonds is 8. The standard InChI is InChI=1S/C23H35N3O2/c1-15(2)19-7-4-17(5-8-19)10-11-24-22(27)14-25-23(28)26-16(3)21-13-18-6-9-20(21)12-18/h4-5,7-8,15-16,18,20-21H,6,9-14H2,1-3H3,(H,24,27)(H2,25,26,28). The maximum Gasteiger partial charge on any atom is 0.315 e. The highest BCUT2D eigenvalue weighted by molar-refractivity contribution is 5.83. The van der Waals surface area contributed by atoms with Crippen LogP contribution < -0.4 is 16.0 Å². The van der Waals surface area contributed by atoms with E-state index in [1.165, 1.54) is 36.8 Å². The monoisotopic (exact) mass is 385 g/mol. The van der Waals surface area contributed by atoms with Gasteiger partial charge in [-0.05, 0) is 67.4 Å². The molecule has 154 valence electrons. The number of carbonyl (C=O) groups is 2. The molecule has 0 spiro atoms. The number of amides is 3. The summed E-state index contributed by atoms with van der Waals surface area (Å²) in [7, 11) is 0. The Morgan fingerprint density at radius 3 is 2.39 bits per heavy atom. The zero-order valence-corrected chi connectivity index (χ0v) is 17.5. The first-order valence-corrected chi connectivity index (χ1v) is 10.8. The number of carbonyl (C=O) groups excluding carboxylic acids is 2. The molecular formula is C23H35N3O2. The quantitative estimate of drug-likeness (QED) is 0.640. The summed E-state index contributed by atoms with van der Waals surface area (Å²) in [5.74, 6) is 2.62. The zero-order chi connectivity index (χ0) is 20.1. The van der Waals surface area contributed by atoms with Crippen LogP contribution in [0.2, 0.25) is 0 Å². The molecule has 1 aromatic rings. The molecular weight excluding hydrogens is 350 g/mol. The van der Waals surface area contributed by atoms with Gasteiger partial charge in [-0.3, -0.25) is 4.79 Å². The lowest BCUT2D eigenvalue weighted by molar-refractivity contribution is -0.120. The van der Waals surface area contributed by atoms with Crippen molar-refractivity contribution in [3.8, 4) is 0 Å². The highest BCUT2D eigenvalue weighted by Crippen LogP contribution is 2.49. The SMILES string of the molecule is CC(C)c1ccc(CCNC(=O)CNC(=O)NC(C)C2CC3CCC2C3)cc1. The third-order valence-electron chi connectivity index (χ3n) is 6.59. The summed E-state index contributed by atoms with van der Waals surface area (Å²) in [4.78, 5) is 24.1. The Hall–Kier alpha value is -2.04. The third-order valence-corrected chi connectivity index (χ3v) is 6.59. The molecule has 5 nitrogen and oxygen atoms in total. The van der Waals surface area contributed by atoms with Crippen molar-refractivity contribution in [2.75, 3.05) is 13.1 Å². The maximum atomic E-state index is 12.1. The van der Waals surface area contributed by atoms with Gasteiger partial charge in [-0.1, -0.05) is 44.5 Å². The molecule has 3 amide bonds. The van der Waals surface area contributed by atoms with Gasteiger partial charge in [0.25, 0.3) is 0 Å². The zero-order valence-electron chi connectivity index (χ0n) is 17.5. The van der Waals surface area contributed by atoms with E-state index in [0.29, 0.717) is 18.4 Å². The summed E-state index contributed by atoms with van der Waals surface area (Å²) in [6.45, 7) is 7.04. The summed E-state index contributed by atoms with van der Waals surface area (Å²) in [5.41, 5.74) is 2.53. The van der Waals surface area contributed by atoms with Crippen LogP contribution in [-0.2, 0) is 11.2 Å². The predicted molar refractivity (Wildman–Crippen MR) is 112 cm³/mol. The van der Waals surface area contributed by atoms with E-state index in [1.54, 1.807) is 0 Å². The van der Waals surface area contributed by atoms with Crippen molar-refractivity contribution >= 4 is 11.9 Å². The van der Waals surface area contributed by atoms with Crippen LogP contribution in [0.3, 0.4) is 0 Å². The average molecular weight is 386 g/mol. The largest absolute Gasteiger partial charge is 0.354 e. The molecule has 2 bridgehead atoms. The molecule has 5 heteroatoms. The van der Waals surface area contributed by atoms with Crippen molar-refractivity contribution in [3.63, 3.8) is 0 Å². The first-order valence-electron chi connectivity index (χ1n) is 10.8. The molecule has 2 aliphatic rings. The van der Waals surface area contributed by atoms with Gasteiger partial charge in [0.2, 0.25) is 5.91 Å². The summed E-state index contributed by atoms with van der Waals surface area (Å²) >= 11 is 0.